The van der Waals surface area contributed by atoms with Crippen molar-refractivity contribution < 1.29 is 4.79 Å². The summed E-state index contributed by atoms with van der Waals surface area (Å²) in [5, 5.41) is 0. The minimum atomic E-state index is 0.0758. The SMILES string of the molecule is O=C(c1ccnc(Cc2ccccc2)c1)N1CCC[C@@H](Cc2cncc(-c3ncc[nH]3)n2)C1. The molecule has 0 radical (unpaired) electrons. The zero-order valence-corrected chi connectivity index (χ0v) is 18.4. The Balaban J connectivity index is 1.25. The van der Waals surface area contributed by atoms with Gasteiger partial charge in [0.1, 0.15) is 5.69 Å². The average molecular weight is 439 g/mol. The molecule has 1 aliphatic rings. The van der Waals surface area contributed by atoms with Gasteiger partial charge < -0.3 is 9.88 Å². The Labute approximate surface area is 193 Å². The van der Waals surface area contributed by atoms with Gasteiger partial charge in [-0.1, -0.05) is 30.3 Å². The van der Waals surface area contributed by atoms with Crippen molar-refractivity contribution in [3.8, 4) is 11.5 Å². The fourth-order valence-corrected chi connectivity index (χ4v) is 4.43. The molecule has 1 aliphatic heterocycles. The standard InChI is InChI=1S/C26H26N6O/c33-26(21-8-9-28-22(15-21)13-19-5-2-1-3-6-19)32-12-4-7-20(18-32)14-23-16-27-17-24(31-23)25-29-10-11-30-25/h1-3,5-6,8-11,15-17,20H,4,7,12-14,18H2,(H,29,30)/t20-/m0/s1. The van der Waals surface area contributed by atoms with E-state index in [2.05, 4.69) is 32.1 Å². The van der Waals surface area contributed by atoms with Gasteiger partial charge in [-0.05, 0) is 42.9 Å². The zero-order valence-electron chi connectivity index (χ0n) is 18.4. The Morgan fingerprint density at radius 2 is 1.97 bits per heavy atom. The molecule has 5 rings (SSSR count). The van der Waals surface area contributed by atoms with Crippen LogP contribution in [0.25, 0.3) is 11.5 Å². The third kappa shape index (κ3) is 5.14. The summed E-state index contributed by atoms with van der Waals surface area (Å²) in [5.74, 6) is 1.15. The van der Waals surface area contributed by atoms with Crippen molar-refractivity contribution in [2.75, 3.05) is 13.1 Å². The van der Waals surface area contributed by atoms with Crippen molar-refractivity contribution in [2.45, 2.75) is 25.7 Å². The van der Waals surface area contributed by atoms with Gasteiger partial charge >= 0.3 is 0 Å². The van der Waals surface area contributed by atoms with Crippen molar-refractivity contribution in [1.29, 1.82) is 0 Å². The van der Waals surface area contributed by atoms with Crippen LogP contribution in [0.5, 0.6) is 0 Å². The summed E-state index contributed by atoms with van der Waals surface area (Å²) >= 11 is 0. The number of nitrogens with zero attached hydrogens (tertiary/aromatic N) is 5. The van der Waals surface area contributed by atoms with Gasteiger partial charge in [-0.3, -0.25) is 14.8 Å². The average Bonchev–Trinajstić information content (AvgIpc) is 3.40. The Kier molecular flexibility index (Phi) is 6.19. The molecule has 33 heavy (non-hydrogen) atoms. The molecule has 0 bridgehead atoms. The van der Waals surface area contributed by atoms with Crippen molar-refractivity contribution >= 4 is 5.91 Å². The number of likely N-dealkylation sites (tertiary alicyclic amines) is 1. The number of rotatable bonds is 6. The molecule has 3 aromatic heterocycles. The summed E-state index contributed by atoms with van der Waals surface area (Å²) in [6.07, 6.45) is 12.3. The van der Waals surface area contributed by atoms with Gasteiger partial charge in [0, 0.05) is 55.6 Å². The minimum Gasteiger partial charge on any atom is -0.343 e. The maximum Gasteiger partial charge on any atom is 0.253 e. The molecule has 0 aliphatic carbocycles. The normalized spacial score (nSPS) is 16.0. The second kappa shape index (κ2) is 9.73. The number of nitrogens with one attached hydrogen (secondary N) is 1. The van der Waals surface area contributed by atoms with Crippen LogP contribution in [0.2, 0.25) is 0 Å². The lowest BCUT2D eigenvalue weighted by atomic mass is 9.93. The second-order valence-electron chi connectivity index (χ2n) is 8.50. The van der Waals surface area contributed by atoms with E-state index in [9.17, 15) is 4.79 Å². The van der Waals surface area contributed by atoms with Crippen LogP contribution >= 0.6 is 0 Å². The first-order valence-electron chi connectivity index (χ1n) is 11.3. The predicted molar refractivity (Wildman–Crippen MR) is 125 cm³/mol. The van der Waals surface area contributed by atoms with Crippen LogP contribution in [0, 0.1) is 5.92 Å². The van der Waals surface area contributed by atoms with E-state index in [-0.39, 0.29) is 5.91 Å². The lowest BCUT2D eigenvalue weighted by Crippen LogP contribution is -2.40. The molecular formula is C26H26N6O. The van der Waals surface area contributed by atoms with Crippen LogP contribution in [-0.2, 0) is 12.8 Å². The van der Waals surface area contributed by atoms with Gasteiger partial charge in [0.25, 0.3) is 5.91 Å². The Bertz CT molecular complexity index is 1210. The molecule has 0 unspecified atom stereocenters. The molecule has 4 aromatic rings. The fourth-order valence-electron chi connectivity index (χ4n) is 4.43. The molecule has 1 aromatic carbocycles. The molecule has 7 heteroatoms. The van der Waals surface area contributed by atoms with Crippen molar-refractivity contribution in [1.82, 2.24) is 29.8 Å². The van der Waals surface area contributed by atoms with Crippen LogP contribution < -0.4 is 0 Å². The van der Waals surface area contributed by atoms with Crippen molar-refractivity contribution in [3.05, 3.63) is 96.0 Å². The van der Waals surface area contributed by atoms with E-state index >= 15 is 0 Å². The maximum absolute atomic E-state index is 13.3. The summed E-state index contributed by atoms with van der Waals surface area (Å²) in [4.78, 5) is 36.1. The van der Waals surface area contributed by atoms with Crippen LogP contribution in [0.4, 0.5) is 0 Å². The topological polar surface area (TPSA) is 87.7 Å². The van der Waals surface area contributed by atoms with E-state index in [1.807, 2.05) is 41.4 Å². The van der Waals surface area contributed by atoms with Gasteiger partial charge in [0.05, 0.1) is 11.9 Å². The summed E-state index contributed by atoms with van der Waals surface area (Å²) in [6.45, 7) is 1.51. The second-order valence-corrected chi connectivity index (χ2v) is 8.50. The number of hydrogen-bond acceptors (Lipinski definition) is 5. The van der Waals surface area contributed by atoms with Crippen LogP contribution in [-0.4, -0.2) is 48.8 Å². The third-order valence-corrected chi connectivity index (χ3v) is 6.02. The Morgan fingerprint density at radius 3 is 2.82 bits per heavy atom. The number of amides is 1. The fraction of sp³-hybridized carbons (Fsp3) is 0.269. The first-order chi connectivity index (χ1) is 16.2. The van der Waals surface area contributed by atoms with Crippen LogP contribution in [0.15, 0.2) is 73.4 Å². The highest BCUT2D eigenvalue weighted by Gasteiger charge is 2.25. The summed E-state index contributed by atoms with van der Waals surface area (Å²) < 4.78 is 0. The first kappa shape index (κ1) is 21.0. The molecule has 0 saturated carbocycles. The molecule has 1 atom stereocenters. The number of benzene rings is 1. The molecule has 0 spiro atoms. The van der Waals surface area contributed by atoms with E-state index in [1.165, 1.54) is 5.56 Å². The van der Waals surface area contributed by atoms with Gasteiger partial charge in [0.2, 0.25) is 0 Å². The Morgan fingerprint density at radius 1 is 1.06 bits per heavy atom. The van der Waals surface area contributed by atoms with E-state index in [4.69, 9.17) is 4.98 Å². The number of carbonyl (C=O) groups is 1. The number of aromatic amines is 1. The van der Waals surface area contributed by atoms with Gasteiger partial charge in [-0.25, -0.2) is 9.97 Å². The molecule has 1 amide bonds. The van der Waals surface area contributed by atoms with E-state index in [0.717, 1.165) is 55.9 Å². The molecule has 1 saturated heterocycles. The number of piperidine rings is 1. The largest absolute Gasteiger partial charge is 0.343 e. The number of H-pyrrole nitrogens is 1. The smallest absolute Gasteiger partial charge is 0.253 e. The summed E-state index contributed by atoms with van der Waals surface area (Å²) in [5.41, 5.74) is 4.47. The van der Waals surface area contributed by atoms with Gasteiger partial charge in [0.15, 0.2) is 5.82 Å². The van der Waals surface area contributed by atoms with E-state index in [1.54, 1.807) is 24.8 Å². The number of hydrogen-bond donors (Lipinski definition) is 1. The lowest BCUT2D eigenvalue weighted by Gasteiger charge is -2.32. The Hall–Kier alpha value is -3.87. The van der Waals surface area contributed by atoms with Crippen molar-refractivity contribution in [3.63, 3.8) is 0 Å². The van der Waals surface area contributed by atoms with Crippen LogP contribution in [0.1, 0.15) is 40.2 Å². The molecule has 4 heterocycles. The van der Waals surface area contributed by atoms with E-state index in [0.29, 0.717) is 17.3 Å². The van der Waals surface area contributed by atoms with Crippen molar-refractivity contribution in [2.24, 2.45) is 5.92 Å². The van der Waals surface area contributed by atoms with E-state index < -0.39 is 0 Å². The summed E-state index contributed by atoms with van der Waals surface area (Å²) in [6, 6.07) is 13.9. The number of aromatic nitrogens is 5. The van der Waals surface area contributed by atoms with Gasteiger partial charge in [-0.2, -0.15) is 0 Å². The predicted octanol–water partition coefficient (Wildman–Crippen LogP) is 3.95. The highest BCUT2D eigenvalue weighted by Crippen LogP contribution is 2.23. The monoisotopic (exact) mass is 438 g/mol. The molecular weight excluding hydrogens is 412 g/mol. The minimum absolute atomic E-state index is 0.0758. The highest BCUT2D eigenvalue weighted by atomic mass is 16.2. The maximum atomic E-state index is 13.3. The molecule has 1 fully saturated rings. The highest BCUT2D eigenvalue weighted by molar-refractivity contribution is 5.94. The molecule has 7 nitrogen and oxygen atoms in total. The molecule has 1 N–H and O–H groups in total. The zero-order chi connectivity index (χ0) is 22.5. The number of imidazole rings is 1. The number of carbonyl (C=O) groups excluding carboxylic acids is 1. The third-order valence-electron chi connectivity index (χ3n) is 6.02. The number of pyridine rings is 1. The molecule has 166 valence electrons. The summed E-state index contributed by atoms with van der Waals surface area (Å²) in [7, 11) is 0. The quantitative estimate of drug-likeness (QED) is 0.493. The van der Waals surface area contributed by atoms with Gasteiger partial charge in [-0.15, -0.1) is 0 Å². The lowest BCUT2D eigenvalue weighted by molar-refractivity contribution is 0.0672. The first-order valence-corrected chi connectivity index (χ1v) is 11.3. The van der Waals surface area contributed by atoms with Crippen LogP contribution in [0.3, 0.4) is 0 Å².